The molecule has 0 aliphatic rings. The van der Waals surface area contributed by atoms with Crippen LogP contribution in [0.1, 0.15) is 65.8 Å². The highest BCUT2D eigenvalue weighted by molar-refractivity contribution is 5.85. The zero-order valence-electron chi connectivity index (χ0n) is 20.2. The van der Waals surface area contributed by atoms with Crippen LogP contribution in [0.15, 0.2) is 41.1 Å². The third-order valence-electron chi connectivity index (χ3n) is 5.42. The summed E-state index contributed by atoms with van der Waals surface area (Å²) in [5, 5.41) is 0. The van der Waals surface area contributed by atoms with Crippen molar-refractivity contribution in [2.24, 2.45) is 18.4 Å². The molecule has 1 atom stereocenters. The maximum Gasteiger partial charge on any atom is 0.242 e. The summed E-state index contributed by atoms with van der Waals surface area (Å²) in [6.45, 7) is 13.5. The first kappa shape index (κ1) is 24.8. The summed E-state index contributed by atoms with van der Waals surface area (Å²) in [5.41, 5.74) is 1.20. The van der Waals surface area contributed by atoms with Gasteiger partial charge in [0.25, 0.3) is 0 Å². The molecule has 0 fully saturated rings. The third-order valence-corrected chi connectivity index (χ3v) is 5.42. The maximum atomic E-state index is 13.3. The number of amides is 2. The summed E-state index contributed by atoms with van der Waals surface area (Å²) in [5.74, 6) is 0.954. The topological polar surface area (TPSA) is 58.7 Å². The van der Waals surface area contributed by atoms with E-state index in [9.17, 15) is 9.59 Å². The molecule has 2 rings (SSSR count). The van der Waals surface area contributed by atoms with E-state index in [1.165, 1.54) is 0 Å². The molecule has 2 aromatic rings. The molecule has 0 aliphatic carbocycles. The normalized spacial score (nSPS) is 12.8. The number of hydrogen-bond acceptors (Lipinski definition) is 3. The van der Waals surface area contributed by atoms with E-state index in [2.05, 4.69) is 27.7 Å². The number of carbonyl (C=O) groups excluding carboxylic acids is 2. The molecule has 1 unspecified atom stereocenters. The molecule has 6 heteroatoms. The van der Waals surface area contributed by atoms with Crippen molar-refractivity contribution in [3.05, 3.63) is 48.2 Å². The number of nitrogens with zero attached hydrogens (tertiary/aromatic N) is 3. The average Bonchev–Trinajstić information content (AvgIpc) is 3.28. The van der Waals surface area contributed by atoms with Crippen LogP contribution in [0, 0.1) is 11.3 Å². The highest BCUT2D eigenvalue weighted by atomic mass is 16.3. The van der Waals surface area contributed by atoms with Crippen LogP contribution in [-0.2, 0) is 29.7 Å². The van der Waals surface area contributed by atoms with Crippen molar-refractivity contribution in [2.75, 3.05) is 6.54 Å². The third kappa shape index (κ3) is 7.93. The van der Waals surface area contributed by atoms with E-state index in [1.807, 2.05) is 55.9 Å². The Hall–Kier alpha value is -2.50. The molecule has 2 aromatic heterocycles. The van der Waals surface area contributed by atoms with Gasteiger partial charge >= 0.3 is 0 Å². The van der Waals surface area contributed by atoms with Crippen LogP contribution in [0.25, 0.3) is 0 Å². The number of hydrogen-bond donors (Lipinski definition) is 0. The quantitative estimate of drug-likeness (QED) is 0.543. The molecule has 0 aliphatic heterocycles. The fourth-order valence-electron chi connectivity index (χ4n) is 4.02. The van der Waals surface area contributed by atoms with E-state index in [1.54, 1.807) is 16.1 Å². The van der Waals surface area contributed by atoms with Gasteiger partial charge in [-0.05, 0) is 55.9 Å². The molecular weight excluding hydrogens is 390 g/mol. The Bertz CT molecular complexity index is 831. The van der Waals surface area contributed by atoms with Gasteiger partial charge in [0, 0.05) is 31.4 Å². The second-order valence-corrected chi connectivity index (χ2v) is 10.1. The molecule has 2 heterocycles. The molecule has 0 N–H and O–H groups in total. The molecule has 172 valence electrons. The fourth-order valence-corrected chi connectivity index (χ4v) is 4.02. The van der Waals surface area contributed by atoms with Gasteiger partial charge in [0.2, 0.25) is 11.8 Å². The summed E-state index contributed by atoms with van der Waals surface area (Å²) >= 11 is 0. The average molecular weight is 430 g/mol. The summed E-state index contributed by atoms with van der Waals surface area (Å²) in [6.07, 6.45) is 5.00. The molecule has 6 nitrogen and oxygen atoms in total. The van der Waals surface area contributed by atoms with Crippen molar-refractivity contribution in [1.29, 1.82) is 0 Å². The van der Waals surface area contributed by atoms with Crippen LogP contribution >= 0.6 is 0 Å². The Kier molecular flexibility index (Phi) is 8.54. The molecule has 0 aromatic carbocycles. The van der Waals surface area contributed by atoms with Gasteiger partial charge in [-0.2, -0.15) is 0 Å². The Morgan fingerprint density at radius 1 is 1.06 bits per heavy atom. The van der Waals surface area contributed by atoms with Crippen LogP contribution in [0.2, 0.25) is 0 Å². The Labute approximate surface area is 187 Å². The van der Waals surface area contributed by atoms with E-state index >= 15 is 0 Å². The number of furan rings is 1. The highest BCUT2D eigenvalue weighted by Gasteiger charge is 2.26. The SMILES string of the molecule is CC(CC(=O)N(CC(=O)N(Cc1ccco1)Cc1cccn1C)C(C)C)CC(C)(C)C. The second-order valence-electron chi connectivity index (χ2n) is 10.1. The lowest BCUT2D eigenvalue weighted by atomic mass is 9.84. The predicted octanol–water partition coefficient (Wildman–Crippen LogP) is 4.85. The number of rotatable bonds is 10. The van der Waals surface area contributed by atoms with Gasteiger partial charge in [0.1, 0.15) is 12.3 Å². The van der Waals surface area contributed by atoms with Crippen molar-refractivity contribution >= 4 is 11.8 Å². The number of aryl methyl sites for hydroxylation is 1. The number of aromatic nitrogens is 1. The molecule has 0 bridgehead atoms. The van der Waals surface area contributed by atoms with Crippen LogP contribution in [0.5, 0.6) is 0 Å². The monoisotopic (exact) mass is 429 g/mol. The van der Waals surface area contributed by atoms with Crippen molar-refractivity contribution in [3.8, 4) is 0 Å². The van der Waals surface area contributed by atoms with Crippen LogP contribution < -0.4 is 0 Å². The van der Waals surface area contributed by atoms with E-state index in [0.717, 1.165) is 17.9 Å². The van der Waals surface area contributed by atoms with Crippen LogP contribution in [0.3, 0.4) is 0 Å². The standard InChI is InChI=1S/C25H39N3O3/c1-19(2)28(23(29)14-20(3)15-25(4,5)6)18-24(30)27(17-22-11-9-13-31-22)16-21-10-8-12-26(21)7/h8-13,19-20H,14-18H2,1-7H3. The summed E-state index contributed by atoms with van der Waals surface area (Å²) in [6, 6.07) is 7.61. The van der Waals surface area contributed by atoms with E-state index in [4.69, 9.17) is 4.42 Å². The summed E-state index contributed by atoms with van der Waals surface area (Å²) < 4.78 is 7.48. The minimum atomic E-state index is -0.0804. The first-order valence-corrected chi connectivity index (χ1v) is 11.2. The lowest BCUT2D eigenvalue weighted by Gasteiger charge is -2.31. The van der Waals surface area contributed by atoms with Gasteiger partial charge in [-0.25, -0.2) is 0 Å². The van der Waals surface area contributed by atoms with Gasteiger partial charge in [0.05, 0.1) is 19.4 Å². The van der Waals surface area contributed by atoms with Gasteiger partial charge < -0.3 is 18.8 Å². The Morgan fingerprint density at radius 2 is 1.77 bits per heavy atom. The van der Waals surface area contributed by atoms with Crippen molar-refractivity contribution in [2.45, 2.75) is 73.5 Å². The van der Waals surface area contributed by atoms with Crippen molar-refractivity contribution < 1.29 is 14.0 Å². The summed E-state index contributed by atoms with van der Waals surface area (Å²) in [7, 11) is 1.96. The zero-order chi connectivity index (χ0) is 23.2. The van der Waals surface area contributed by atoms with E-state index in [0.29, 0.717) is 19.5 Å². The molecule has 0 saturated carbocycles. The second kappa shape index (κ2) is 10.7. The Balaban J connectivity index is 2.11. The van der Waals surface area contributed by atoms with Crippen molar-refractivity contribution in [3.63, 3.8) is 0 Å². The maximum absolute atomic E-state index is 13.3. The van der Waals surface area contributed by atoms with E-state index < -0.39 is 0 Å². The largest absolute Gasteiger partial charge is 0.467 e. The first-order chi connectivity index (χ1) is 14.5. The molecule has 0 saturated heterocycles. The lowest BCUT2D eigenvalue weighted by molar-refractivity contribution is -0.143. The van der Waals surface area contributed by atoms with Gasteiger partial charge in [-0.15, -0.1) is 0 Å². The minimum absolute atomic E-state index is 0.0388. The van der Waals surface area contributed by atoms with Crippen molar-refractivity contribution in [1.82, 2.24) is 14.4 Å². The Morgan fingerprint density at radius 3 is 2.29 bits per heavy atom. The van der Waals surface area contributed by atoms with Crippen LogP contribution in [-0.4, -0.2) is 38.8 Å². The fraction of sp³-hybridized carbons (Fsp3) is 0.600. The van der Waals surface area contributed by atoms with Gasteiger partial charge in [0.15, 0.2) is 0 Å². The predicted molar refractivity (Wildman–Crippen MR) is 123 cm³/mol. The molecule has 31 heavy (non-hydrogen) atoms. The molecule has 0 spiro atoms. The van der Waals surface area contributed by atoms with Crippen LogP contribution in [0.4, 0.5) is 0 Å². The highest BCUT2D eigenvalue weighted by Crippen LogP contribution is 2.26. The minimum Gasteiger partial charge on any atom is -0.467 e. The first-order valence-electron chi connectivity index (χ1n) is 11.2. The zero-order valence-corrected chi connectivity index (χ0v) is 20.2. The van der Waals surface area contributed by atoms with E-state index in [-0.39, 0.29) is 35.7 Å². The molecule has 2 amide bonds. The van der Waals surface area contributed by atoms with Gasteiger partial charge in [-0.3, -0.25) is 9.59 Å². The molecular formula is C25H39N3O3. The molecule has 0 radical (unpaired) electrons. The van der Waals surface area contributed by atoms with Gasteiger partial charge in [-0.1, -0.05) is 27.7 Å². The number of carbonyl (C=O) groups is 2. The lowest BCUT2D eigenvalue weighted by Crippen LogP contribution is -2.46. The summed E-state index contributed by atoms with van der Waals surface area (Å²) in [4.78, 5) is 29.9. The smallest absolute Gasteiger partial charge is 0.242 e.